The average molecular weight is 616 g/mol. The summed E-state index contributed by atoms with van der Waals surface area (Å²) in [6, 6.07) is 6.27. The second kappa shape index (κ2) is 17.8. The Bertz CT molecular complexity index is 948. The Balaban J connectivity index is 0.000000468. The standard InChI is InChI=1S/C22H34BO3S.C8H16.C8H18/c1-15(2)19(24)22(10-12-25-13-11-22)18-9-8-17(14-16(18)3)23-26-20(4,5)21(6,7)27;1-3-4-8-5-7(2)6-8;1-5-7-8(3,4)6-2/h8-9,14-15,27H,10-13H2,1-7H3;7-8H,3-6H2,1-2H3;5-7H2,1-4H3. The highest BCUT2D eigenvalue weighted by Crippen LogP contribution is 2.39. The lowest BCUT2D eigenvalue weighted by atomic mass is 9.66. The lowest BCUT2D eigenvalue weighted by molar-refractivity contribution is -0.131. The summed E-state index contributed by atoms with van der Waals surface area (Å²) in [5.74, 6) is 2.48. The lowest BCUT2D eigenvalue weighted by Crippen LogP contribution is -2.46. The van der Waals surface area contributed by atoms with Crippen LogP contribution in [0.25, 0.3) is 0 Å². The van der Waals surface area contributed by atoms with Gasteiger partial charge in [-0.25, -0.2) is 0 Å². The van der Waals surface area contributed by atoms with Gasteiger partial charge in [0.1, 0.15) is 5.78 Å². The van der Waals surface area contributed by atoms with Gasteiger partial charge in [-0.2, -0.15) is 12.6 Å². The second-order valence-electron chi connectivity index (χ2n) is 15.6. The number of hydrogen-bond acceptors (Lipinski definition) is 4. The third kappa shape index (κ3) is 12.5. The Kier molecular flexibility index (Phi) is 16.7. The fourth-order valence-electron chi connectivity index (χ4n) is 6.14. The van der Waals surface area contributed by atoms with Crippen molar-refractivity contribution in [2.45, 2.75) is 164 Å². The molecule has 3 rings (SSSR count). The molecular formula is C38H68BO3S. The van der Waals surface area contributed by atoms with Gasteiger partial charge in [-0.15, -0.1) is 0 Å². The SMILES string of the molecule is CCCC(C)(C)CC.CCCC1CC(C)C1.Cc1cc([B]OC(C)(C)C(C)(C)S)ccc1C1(C(=O)C(C)C)CCOCC1. The summed E-state index contributed by atoms with van der Waals surface area (Å²) < 4.78 is 11.3. The zero-order valence-corrected chi connectivity index (χ0v) is 31.4. The minimum absolute atomic E-state index is 0.00971. The quantitative estimate of drug-likeness (QED) is 0.188. The zero-order chi connectivity index (χ0) is 33.1. The maximum Gasteiger partial charge on any atom is 0.330 e. The third-order valence-electron chi connectivity index (χ3n) is 10.1. The Labute approximate surface area is 274 Å². The zero-order valence-electron chi connectivity index (χ0n) is 30.5. The molecule has 247 valence electrons. The van der Waals surface area contributed by atoms with Crippen molar-refractivity contribution in [3.63, 3.8) is 0 Å². The van der Waals surface area contributed by atoms with Crippen LogP contribution in [0.1, 0.15) is 152 Å². The molecule has 0 amide bonds. The van der Waals surface area contributed by atoms with Crippen LogP contribution in [-0.2, 0) is 19.6 Å². The summed E-state index contributed by atoms with van der Waals surface area (Å²) in [4.78, 5) is 13.1. The number of carbonyl (C=O) groups is 1. The second-order valence-corrected chi connectivity index (χ2v) is 16.7. The van der Waals surface area contributed by atoms with Crippen LogP contribution in [0.3, 0.4) is 0 Å². The van der Waals surface area contributed by atoms with Gasteiger partial charge < -0.3 is 9.39 Å². The van der Waals surface area contributed by atoms with Crippen LogP contribution >= 0.6 is 12.6 Å². The normalized spacial score (nSPS) is 20.3. The van der Waals surface area contributed by atoms with E-state index < -0.39 is 11.0 Å². The van der Waals surface area contributed by atoms with Crippen LogP contribution in [0.15, 0.2) is 18.2 Å². The van der Waals surface area contributed by atoms with Crippen molar-refractivity contribution in [2.75, 3.05) is 13.2 Å². The highest BCUT2D eigenvalue weighted by Gasteiger charge is 2.43. The van der Waals surface area contributed by atoms with Crippen LogP contribution < -0.4 is 5.46 Å². The number of rotatable bonds is 12. The van der Waals surface area contributed by atoms with E-state index in [-0.39, 0.29) is 10.7 Å². The van der Waals surface area contributed by atoms with E-state index in [9.17, 15) is 4.79 Å². The van der Waals surface area contributed by atoms with Gasteiger partial charge >= 0.3 is 7.48 Å². The van der Waals surface area contributed by atoms with E-state index in [4.69, 9.17) is 9.39 Å². The van der Waals surface area contributed by atoms with E-state index in [1.54, 1.807) is 7.48 Å². The van der Waals surface area contributed by atoms with Gasteiger partial charge in [0.2, 0.25) is 0 Å². The van der Waals surface area contributed by atoms with Crippen molar-refractivity contribution in [1.29, 1.82) is 0 Å². The number of benzene rings is 1. The molecule has 0 atom stereocenters. The monoisotopic (exact) mass is 615 g/mol. The van der Waals surface area contributed by atoms with Gasteiger partial charge in [-0.3, -0.25) is 4.79 Å². The van der Waals surface area contributed by atoms with Crippen LogP contribution in [0.5, 0.6) is 0 Å². The summed E-state index contributed by atoms with van der Waals surface area (Å²) in [5, 5.41) is 0. The molecule has 1 saturated carbocycles. The van der Waals surface area contributed by atoms with Crippen LogP contribution in [0.4, 0.5) is 0 Å². The fourth-order valence-corrected chi connectivity index (χ4v) is 6.20. The Morgan fingerprint density at radius 3 is 2.02 bits per heavy atom. The topological polar surface area (TPSA) is 35.5 Å². The van der Waals surface area contributed by atoms with Crippen molar-refractivity contribution in [3.8, 4) is 0 Å². The average Bonchev–Trinajstić information content (AvgIpc) is 2.91. The number of hydrogen-bond donors (Lipinski definition) is 1. The molecule has 1 heterocycles. The number of Topliss-reactive ketones (excluding diaryl/α,β-unsaturated/α-hetero) is 1. The highest BCUT2D eigenvalue weighted by molar-refractivity contribution is 7.81. The third-order valence-corrected chi connectivity index (χ3v) is 10.7. The highest BCUT2D eigenvalue weighted by atomic mass is 32.1. The van der Waals surface area contributed by atoms with E-state index in [2.05, 4.69) is 79.3 Å². The van der Waals surface area contributed by atoms with E-state index in [1.807, 2.05) is 41.5 Å². The molecule has 3 nitrogen and oxygen atoms in total. The first-order valence-electron chi connectivity index (χ1n) is 17.3. The fraction of sp³-hybridized carbons (Fsp3) is 0.816. The van der Waals surface area contributed by atoms with Gasteiger partial charge in [0, 0.05) is 23.9 Å². The molecule has 5 heteroatoms. The molecule has 1 aromatic carbocycles. The number of ketones is 1. The van der Waals surface area contributed by atoms with Crippen molar-refractivity contribution in [1.82, 2.24) is 0 Å². The largest absolute Gasteiger partial charge is 0.428 e. The van der Waals surface area contributed by atoms with Gasteiger partial charge in [-0.05, 0) is 95.1 Å². The summed E-state index contributed by atoms with van der Waals surface area (Å²) in [7, 11) is 1.80. The maximum absolute atomic E-state index is 13.1. The van der Waals surface area contributed by atoms with Crippen molar-refractivity contribution < 1.29 is 14.2 Å². The molecule has 2 aliphatic rings. The van der Waals surface area contributed by atoms with E-state index in [0.717, 1.165) is 41.3 Å². The lowest BCUT2D eigenvalue weighted by Gasteiger charge is -2.39. The first-order chi connectivity index (χ1) is 19.9. The van der Waals surface area contributed by atoms with Gasteiger partial charge in [0.05, 0.1) is 11.0 Å². The first-order valence-corrected chi connectivity index (χ1v) is 17.8. The molecule has 0 bridgehead atoms. The Hall–Kier alpha value is -0.775. The van der Waals surface area contributed by atoms with Crippen molar-refractivity contribution in [2.24, 2.45) is 23.2 Å². The smallest absolute Gasteiger partial charge is 0.330 e. The predicted molar refractivity (Wildman–Crippen MR) is 192 cm³/mol. The summed E-state index contributed by atoms with van der Waals surface area (Å²) in [6.45, 7) is 29.3. The van der Waals surface area contributed by atoms with Crippen LogP contribution in [0.2, 0.25) is 0 Å². The molecule has 1 aromatic rings. The molecule has 43 heavy (non-hydrogen) atoms. The predicted octanol–water partition coefficient (Wildman–Crippen LogP) is 10.1. The van der Waals surface area contributed by atoms with E-state index in [0.29, 0.717) is 24.4 Å². The van der Waals surface area contributed by atoms with Crippen LogP contribution in [-0.4, -0.2) is 36.8 Å². The van der Waals surface area contributed by atoms with Crippen molar-refractivity contribution >= 4 is 31.4 Å². The molecule has 1 saturated heterocycles. The molecule has 1 radical (unpaired) electrons. The number of carbonyl (C=O) groups excluding carboxylic acids is 1. The molecule has 0 spiro atoms. The molecular weight excluding hydrogens is 547 g/mol. The number of ether oxygens (including phenoxy) is 1. The summed E-state index contributed by atoms with van der Waals surface area (Å²) >= 11 is 4.65. The van der Waals surface area contributed by atoms with E-state index >= 15 is 0 Å². The minimum Gasteiger partial charge on any atom is -0.428 e. The van der Waals surface area contributed by atoms with Crippen LogP contribution in [0, 0.1) is 30.1 Å². The Morgan fingerprint density at radius 2 is 1.63 bits per heavy atom. The molecule has 1 aliphatic heterocycles. The van der Waals surface area contributed by atoms with E-state index in [1.165, 1.54) is 44.9 Å². The summed E-state index contributed by atoms with van der Waals surface area (Å²) in [6.07, 6.45) is 11.4. The van der Waals surface area contributed by atoms with Crippen molar-refractivity contribution in [3.05, 3.63) is 29.3 Å². The van der Waals surface area contributed by atoms with Gasteiger partial charge in [0.25, 0.3) is 0 Å². The molecule has 2 fully saturated rings. The number of thiol groups is 1. The molecule has 0 unspecified atom stereocenters. The molecule has 0 aromatic heterocycles. The summed E-state index contributed by atoms with van der Waals surface area (Å²) in [5.41, 5.74) is 3.03. The molecule has 1 aliphatic carbocycles. The first kappa shape index (κ1) is 40.2. The minimum atomic E-state index is -0.428. The Morgan fingerprint density at radius 1 is 1.05 bits per heavy atom. The number of aryl methyl sites for hydroxylation is 1. The van der Waals surface area contributed by atoms with Gasteiger partial charge in [-0.1, -0.05) is 105 Å². The molecule has 0 N–H and O–H groups in total. The van der Waals surface area contributed by atoms with Gasteiger partial charge in [0.15, 0.2) is 0 Å². The maximum atomic E-state index is 13.1.